The minimum atomic E-state index is -1.42. The number of anilines is 1. The van der Waals surface area contributed by atoms with Crippen LogP contribution in [0, 0.1) is 0 Å². The first-order valence-corrected chi connectivity index (χ1v) is 5.65. The monoisotopic (exact) mass is 231 g/mol. The van der Waals surface area contributed by atoms with Crippen LogP contribution in [0.3, 0.4) is 0 Å². The Morgan fingerprint density at radius 3 is 3.07 bits per heavy atom. The third kappa shape index (κ3) is 2.45. The molecule has 84 valence electrons. The van der Waals surface area contributed by atoms with Gasteiger partial charge in [-0.15, -0.1) is 11.3 Å². The quantitative estimate of drug-likeness (QED) is 0.801. The molecule has 6 heteroatoms. The normalized spacial score (nSPS) is 27.3. The predicted octanol–water partition coefficient (Wildman–Crippen LogP) is 0.632. The van der Waals surface area contributed by atoms with Crippen molar-refractivity contribution >= 4 is 16.5 Å². The second-order valence-electron chi connectivity index (χ2n) is 3.93. The number of thiazole rings is 1. The van der Waals surface area contributed by atoms with Gasteiger partial charge < -0.3 is 10.8 Å². The molecule has 0 aromatic carbocycles. The number of aliphatic hydroxyl groups is 1. The molecule has 1 aromatic rings. The first kappa shape index (κ1) is 10.8. The summed E-state index contributed by atoms with van der Waals surface area (Å²) in [6, 6.07) is 0. The highest BCUT2D eigenvalue weighted by Gasteiger charge is 2.37. The minimum absolute atomic E-state index is 0.293. The maximum atomic E-state index is 13.7. The standard InChI is InChI=1S/C9H14FN3OS/c10-9(6-14)1-2-13(5-9)4-7-3-12-8(11)15-7/h3,14H,1-2,4-6H2,(H2,11,12). The minimum Gasteiger partial charge on any atom is -0.393 e. The average Bonchev–Trinajstić information content (AvgIpc) is 2.76. The molecular formula is C9H14FN3OS. The molecule has 15 heavy (non-hydrogen) atoms. The van der Waals surface area contributed by atoms with Gasteiger partial charge in [0.25, 0.3) is 0 Å². The van der Waals surface area contributed by atoms with Crippen LogP contribution in [0.15, 0.2) is 6.20 Å². The van der Waals surface area contributed by atoms with Gasteiger partial charge >= 0.3 is 0 Å². The lowest BCUT2D eigenvalue weighted by atomic mass is 10.1. The number of aromatic nitrogens is 1. The summed E-state index contributed by atoms with van der Waals surface area (Å²) in [5, 5.41) is 9.42. The Balaban J connectivity index is 1.92. The zero-order valence-corrected chi connectivity index (χ0v) is 9.13. The van der Waals surface area contributed by atoms with E-state index >= 15 is 0 Å². The van der Waals surface area contributed by atoms with Crippen LogP contribution in [-0.4, -0.2) is 40.4 Å². The van der Waals surface area contributed by atoms with E-state index in [4.69, 9.17) is 10.8 Å². The van der Waals surface area contributed by atoms with Crippen LogP contribution in [-0.2, 0) is 6.54 Å². The van der Waals surface area contributed by atoms with Crippen LogP contribution in [0.1, 0.15) is 11.3 Å². The number of aliphatic hydroxyl groups excluding tert-OH is 1. The first-order chi connectivity index (χ1) is 7.11. The molecule has 1 unspecified atom stereocenters. The molecule has 1 aliphatic rings. The van der Waals surface area contributed by atoms with Crippen molar-refractivity contribution < 1.29 is 9.50 Å². The van der Waals surface area contributed by atoms with Crippen molar-refractivity contribution in [1.29, 1.82) is 0 Å². The number of nitrogens with zero attached hydrogens (tertiary/aromatic N) is 2. The molecule has 1 saturated heterocycles. The molecule has 0 amide bonds. The number of hydrogen-bond donors (Lipinski definition) is 2. The summed E-state index contributed by atoms with van der Waals surface area (Å²) in [5.41, 5.74) is 4.09. The predicted molar refractivity (Wildman–Crippen MR) is 57.3 cm³/mol. The molecule has 1 aliphatic heterocycles. The van der Waals surface area contributed by atoms with Gasteiger partial charge in [0.2, 0.25) is 0 Å². The van der Waals surface area contributed by atoms with E-state index in [-0.39, 0.29) is 0 Å². The van der Waals surface area contributed by atoms with Gasteiger partial charge in [0, 0.05) is 30.7 Å². The van der Waals surface area contributed by atoms with Gasteiger partial charge in [-0.2, -0.15) is 0 Å². The van der Waals surface area contributed by atoms with E-state index in [0.29, 0.717) is 31.2 Å². The topological polar surface area (TPSA) is 62.4 Å². The lowest BCUT2D eigenvalue weighted by Gasteiger charge is -2.17. The van der Waals surface area contributed by atoms with Crippen LogP contribution in [0.5, 0.6) is 0 Å². The highest BCUT2D eigenvalue weighted by molar-refractivity contribution is 7.15. The van der Waals surface area contributed by atoms with Gasteiger partial charge in [-0.3, -0.25) is 4.90 Å². The van der Waals surface area contributed by atoms with Crippen LogP contribution in [0.25, 0.3) is 0 Å². The van der Waals surface area contributed by atoms with Crippen LogP contribution < -0.4 is 5.73 Å². The summed E-state index contributed by atoms with van der Waals surface area (Å²) >= 11 is 1.42. The Kier molecular flexibility index (Phi) is 2.90. The highest BCUT2D eigenvalue weighted by atomic mass is 32.1. The maximum absolute atomic E-state index is 13.7. The molecule has 0 spiro atoms. The Bertz CT molecular complexity index is 346. The molecule has 0 bridgehead atoms. The Morgan fingerprint density at radius 1 is 1.73 bits per heavy atom. The molecule has 1 aromatic heterocycles. The number of halogens is 1. The largest absolute Gasteiger partial charge is 0.393 e. The van der Waals surface area contributed by atoms with E-state index in [0.717, 1.165) is 4.88 Å². The van der Waals surface area contributed by atoms with Crippen molar-refractivity contribution in [1.82, 2.24) is 9.88 Å². The lowest BCUT2D eigenvalue weighted by molar-refractivity contribution is 0.0770. The van der Waals surface area contributed by atoms with Gasteiger partial charge in [0.15, 0.2) is 5.13 Å². The molecule has 0 aliphatic carbocycles. The molecule has 1 atom stereocenters. The Labute approximate surface area is 91.5 Å². The third-order valence-electron chi connectivity index (χ3n) is 2.62. The summed E-state index contributed by atoms with van der Waals surface area (Å²) < 4.78 is 13.7. The molecule has 2 rings (SSSR count). The van der Waals surface area contributed by atoms with E-state index in [1.165, 1.54) is 11.3 Å². The van der Waals surface area contributed by atoms with Crippen molar-refractivity contribution in [2.24, 2.45) is 0 Å². The van der Waals surface area contributed by atoms with Gasteiger partial charge in [0.1, 0.15) is 5.67 Å². The summed E-state index contributed by atoms with van der Waals surface area (Å²) in [7, 11) is 0. The summed E-state index contributed by atoms with van der Waals surface area (Å²) in [5.74, 6) is 0. The van der Waals surface area contributed by atoms with Gasteiger partial charge in [-0.05, 0) is 6.42 Å². The van der Waals surface area contributed by atoms with Crippen molar-refractivity contribution in [3.05, 3.63) is 11.1 Å². The van der Waals surface area contributed by atoms with Crippen molar-refractivity contribution in [2.45, 2.75) is 18.6 Å². The fourth-order valence-corrected chi connectivity index (χ4v) is 2.52. The molecule has 1 fully saturated rings. The number of rotatable bonds is 3. The molecular weight excluding hydrogens is 217 g/mol. The van der Waals surface area contributed by atoms with Gasteiger partial charge in [-0.25, -0.2) is 9.37 Å². The molecule has 0 saturated carbocycles. The molecule has 3 N–H and O–H groups in total. The van der Waals surface area contributed by atoms with Crippen molar-refractivity contribution in [3.63, 3.8) is 0 Å². The Morgan fingerprint density at radius 2 is 2.53 bits per heavy atom. The lowest BCUT2D eigenvalue weighted by Crippen LogP contribution is -2.32. The zero-order chi connectivity index (χ0) is 10.9. The number of nitrogen functional groups attached to an aromatic ring is 1. The van der Waals surface area contributed by atoms with Crippen LogP contribution in [0.4, 0.5) is 9.52 Å². The summed E-state index contributed by atoms with van der Waals surface area (Å²) in [6.07, 6.45) is 2.12. The van der Waals surface area contributed by atoms with E-state index < -0.39 is 12.3 Å². The first-order valence-electron chi connectivity index (χ1n) is 4.84. The molecule has 0 radical (unpaired) electrons. The Hall–Kier alpha value is -0.720. The SMILES string of the molecule is Nc1ncc(CN2CCC(F)(CO)C2)s1. The fraction of sp³-hybridized carbons (Fsp3) is 0.667. The number of alkyl halides is 1. The van der Waals surface area contributed by atoms with E-state index in [2.05, 4.69) is 4.98 Å². The summed E-state index contributed by atoms with van der Waals surface area (Å²) in [6.45, 7) is 1.24. The average molecular weight is 231 g/mol. The highest BCUT2D eigenvalue weighted by Crippen LogP contribution is 2.27. The smallest absolute Gasteiger partial charge is 0.180 e. The third-order valence-corrected chi connectivity index (χ3v) is 3.43. The van der Waals surface area contributed by atoms with E-state index in [9.17, 15) is 4.39 Å². The van der Waals surface area contributed by atoms with Gasteiger partial charge in [-0.1, -0.05) is 0 Å². The maximum Gasteiger partial charge on any atom is 0.180 e. The van der Waals surface area contributed by atoms with Crippen molar-refractivity contribution in [3.8, 4) is 0 Å². The van der Waals surface area contributed by atoms with E-state index in [1.54, 1.807) is 6.20 Å². The van der Waals surface area contributed by atoms with Crippen LogP contribution >= 0.6 is 11.3 Å². The van der Waals surface area contributed by atoms with Crippen LogP contribution in [0.2, 0.25) is 0 Å². The number of likely N-dealkylation sites (tertiary alicyclic amines) is 1. The molecule has 4 nitrogen and oxygen atoms in total. The number of hydrogen-bond acceptors (Lipinski definition) is 5. The van der Waals surface area contributed by atoms with Crippen molar-refractivity contribution in [2.75, 3.05) is 25.4 Å². The van der Waals surface area contributed by atoms with E-state index in [1.807, 2.05) is 4.90 Å². The second-order valence-corrected chi connectivity index (χ2v) is 5.08. The number of nitrogens with two attached hydrogens (primary N) is 1. The van der Waals surface area contributed by atoms with Gasteiger partial charge in [0.05, 0.1) is 6.61 Å². The summed E-state index contributed by atoms with van der Waals surface area (Å²) in [4.78, 5) is 6.95. The zero-order valence-electron chi connectivity index (χ0n) is 8.32. The second kappa shape index (κ2) is 4.03. The molecule has 2 heterocycles. The fourth-order valence-electron chi connectivity index (χ4n) is 1.80.